The first-order valence-corrected chi connectivity index (χ1v) is 10.2. The largest absolute Gasteiger partial charge is 0.335 e. The normalized spacial score (nSPS) is 20.3. The molecule has 1 saturated heterocycles. The average molecular weight is 374 g/mol. The van der Waals surface area contributed by atoms with Gasteiger partial charge >= 0.3 is 0 Å². The quantitative estimate of drug-likeness (QED) is 0.692. The molecule has 5 heteroatoms. The van der Waals surface area contributed by atoms with Crippen LogP contribution in [0.15, 0.2) is 48.8 Å². The number of amides is 1. The summed E-state index contributed by atoms with van der Waals surface area (Å²) in [5, 5.41) is 0. The van der Waals surface area contributed by atoms with Crippen molar-refractivity contribution >= 4 is 11.6 Å². The van der Waals surface area contributed by atoms with E-state index in [1.807, 2.05) is 40.8 Å². The molecule has 0 bridgehead atoms. The topological polar surface area (TPSA) is 40.9 Å². The molecule has 3 aromatic rings. The highest BCUT2D eigenvalue weighted by atomic mass is 16.2. The summed E-state index contributed by atoms with van der Waals surface area (Å²) in [6, 6.07) is 13.4. The van der Waals surface area contributed by atoms with Gasteiger partial charge in [0, 0.05) is 44.6 Å². The molecule has 1 aliphatic heterocycles. The van der Waals surface area contributed by atoms with Crippen LogP contribution in [0.25, 0.3) is 5.65 Å². The van der Waals surface area contributed by atoms with Crippen LogP contribution in [0.5, 0.6) is 0 Å². The van der Waals surface area contributed by atoms with Crippen molar-refractivity contribution in [2.45, 2.75) is 32.2 Å². The van der Waals surface area contributed by atoms with Gasteiger partial charge in [0.2, 0.25) is 0 Å². The molecule has 2 aliphatic rings. The minimum atomic E-state index is 0.0525. The number of rotatable bonds is 2. The highest BCUT2D eigenvalue weighted by Crippen LogP contribution is 2.25. The van der Waals surface area contributed by atoms with Crippen LogP contribution in [-0.4, -0.2) is 57.3 Å². The van der Waals surface area contributed by atoms with Crippen molar-refractivity contribution in [1.82, 2.24) is 19.2 Å². The summed E-state index contributed by atoms with van der Waals surface area (Å²) in [5.74, 6) is 0.0525. The molecule has 2 aromatic heterocycles. The van der Waals surface area contributed by atoms with Crippen molar-refractivity contribution in [2.75, 3.05) is 26.2 Å². The summed E-state index contributed by atoms with van der Waals surface area (Å²) < 4.78 is 1.94. The van der Waals surface area contributed by atoms with Gasteiger partial charge < -0.3 is 9.30 Å². The molecule has 5 rings (SSSR count). The number of pyridine rings is 1. The first-order chi connectivity index (χ1) is 13.7. The fourth-order valence-corrected chi connectivity index (χ4v) is 4.70. The van der Waals surface area contributed by atoms with E-state index in [-0.39, 0.29) is 5.91 Å². The molecular weight excluding hydrogens is 348 g/mol. The van der Waals surface area contributed by atoms with Crippen molar-refractivity contribution in [2.24, 2.45) is 0 Å². The van der Waals surface area contributed by atoms with E-state index in [9.17, 15) is 4.79 Å². The van der Waals surface area contributed by atoms with Crippen LogP contribution in [0, 0.1) is 6.92 Å². The molecule has 1 atom stereocenters. The van der Waals surface area contributed by atoms with Gasteiger partial charge in [0.05, 0.1) is 0 Å². The highest BCUT2D eigenvalue weighted by molar-refractivity contribution is 5.93. The monoisotopic (exact) mass is 374 g/mol. The zero-order chi connectivity index (χ0) is 19.1. The summed E-state index contributed by atoms with van der Waals surface area (Å²) in [4.78, 5) is 22.1. The SMILES string of the molecule is Cc1cccn2cc(C(=O)N3CCN([C@H]4CCc5ccccc5C4)CC3)nc12. The molecule has 144 valence electrons. The number of imidazole rings is 1. The van der Waals surface area contributed by atoms with Crippen LogP contribution < -0.4 is 0 Å². The predicted octanol–water partition coefficient (Wildman–Crippen LogP) is 2.96. The van der Waals surface area contributed by atoms with Crippen LogP contribution in [0.2, 0.25) is 0 Å². The Morgan fingerprint density at radius 1 is 1.04 bits per heavy atom. The molecule has 1 fully saturated rings. The van der Waals surface area contributed by atoms with E-state index in [1.54, 1.807) is 0 Å². The second kappa shape index (κ2) is 7.06. The number of hydrogen-bond acceptors (Lipinski definition) is 3. The zero-order valence-corrected chi connectivity index (χ0v) is 16.3. The van der Waals surface area contributed by atoms with E-state index >= 15 is 0 Å². The zero-order valence-electron chi connectivity index (χ0n) is 16.3. The van der Waals surface area contributed by atoms with Gasteiger partial charge in [-0.2, -0.15) is 0 Å². The van der Waals surface area contributed by atoms with E-state index in [1.165, 1.54) is 24.0 Å². The number of carbonyl (C=O) groups is 1. The Balaban J connectivity index is 1.24. The van der Waals surface area contributed by atoms with Crippen LogP contribution >= 0.6 is 0 Å². The molecule has 1 aliphatic carbocycles. The Bertz CT molecular complexity index is 1020. The van der Waals surface area contributed by atoms with Crippen LogP contribution in [0.4, 0.5) is 0 Å². The lowest BCUT2D eigenvalue weighted by molar-refractivity contribution is 0.0548. The third-order valence-electron chi connectivity index (χ3n) is 6.34. The summed E-state index contributed by atoms with van der Waals surface area (Å²) >= 11 is 0. The first-order valence-electron chi connectivity index (χ1n) is 10.2. The number of hydrogen-bond donors (Lipinski definition) is 0. The average Bonchev–Trinajstić information content (AvgIpc) is 3.19. The lowest BCUT2D eigenvalue weighted by Crippen LogP contribution is -2.53. The Hall–Kier alpha value is -2.66. The van der Waals surface area contributed by atoms with E-state index in [4.69, 9.17) is 0 Å². The van der Waals surface area contributed by atoms with Crippen LogP contribution in [0.3, 0.4) is 0 Å². The Morgan fingerprint density at radius 3 is 2.61 bits per heavy atom. The highest BCUT2D eigenvalue weighted by Gasteiger charge is 2.29. The van der Waals surface area contributed by atoms with Gasteiger partial charge in [-0.15, -0.1) is 0 Å². The van der Waals surface area contributed by atoms with Gasteiger partial charge in [0.25, 0.3) is 5.91 Å². The molecule has 0 spiro atoms. The van der Waals surface area contributed by atoms with Gasteiger partial charge in [-0.25, -0.2) is 4.98 Å². The molecule has 0 saturated carbocycles. The standard InChI is InChI=1S/C23H26N4O/c1-17-5-4-10-27-16-21(24-22(17)27)23(28)26-13-11-25(12-14-26)20-9-8-18-6-2-3-7-19(18)15-20/h2-7,10,16,20H,8-9,11-15H2,1H3/t20-/m0/s1. The minimum Gasteiger partial charge on any atom is -0.335 e. The molecule has 5 nitrogen and oxygen atoms in total. The van der Waals surface area contributed by atoms with E-state index in [0.29, 0.717) is 11.7 Å². The predicted molar refractivity (Wildman–Crippen MR) is 110 cm³/mol. The number of aromatic nitrogens is 2. The number of fused-ring (bicyclic) bond motifs is 2. The summed E-state index contributed by atoms with van der Waals surface area (Å²) in [6.07, 6.45) is 7.33. The van der Waals surface area contributed by atoms with Gasteiger partial charge in [-0.3, -0.25) is 9.69 Å². The molecule has 1 amide bonds. The fraction of sp³-hybridized carbons (Fsp3) is 0.391. The summed E-state index contributed by atoms with van der Waals surface area (Å²) in [5.41, 5.74) is 5.51. The maximum Gasteiger partial charge on any atom is 0.274 e. The van der Waals surface area contributed by atoms with Crippen molar-refractivity contribution in [3.8, 4) is 0 Å². The van der Waals surface area contributed by atoms with Crippen molar-refractivity contribution in [3.05, 3.63) is 71.2 Å². The van der Waals surface area contributed by atoms with Crippen molar-refractivity contribution in [1.29, 1.82) is 0 Å². The van der Waals surface area contributed by atoms with E-state index in [0.717, 1.165) is 43.8 Å². The number of aryl methyl sites for hydroxylation is 2. The minimum absolute atomic E-state index is 0.0525. The maximum absolute atomic E-state index is 13.0. The number of carbonyl (C=O) groups excluding carboxylic acids is 1. The molecule has 3 heterocycles. The summed E-state index contributed by atoms with van der Waals surface area (Å²) in [6.45, 7) is 5.49. The molecule has 28 heavy (non-hydrogen) atoms. The van der Waals surface area contributed by atoms with Crippen molar-refractivity contribution in [3.63, 3.8) is 0 Å². The van der Waals surface area contributed by atoms with Gasteiger partial charge in [-0.1, -0.05) is 30.3 Å². The Labute approximate surface area is 165 Å². The molecule has 0 radical (unpaired) electrons. The van der Waals surface area contributed by atoms with E-state index in [2.05, 4.69) is 34.1 Å². The number of piperazine rings is 1. The Morgan fingerprint density at radius 2 is 1.82 bits per heavy atom. The van der Waals surface area contributed by atoms with Gasteiger partial charge in [0.1, 0.15) is 11.3 Å². The lowest BCUT2D eigenvalue weighted by atomic mass is 9.87. The van der Waals surface area contributed by atoms with Crippen molar-refractivity contribution < 1.29 is 4.79 Å². The van der Waals surface area contributed by atoms with Gasteiger partial charge in [0.15, 0.2) is 0 Å². The second-order valence-electron chi connectivity index (χ2n) is 8.04. The van der Waals surface area contributed by atoms with Crippen LogP contribution in [-0.2, 0) is 12.8 Å². The number of nitrogens with zero attached hydrogens (tertiary/aromatic N) is 4. The number of benzene rings is 1. The molecular formula is C23H26N4O. The molecule has 1 aromatic carbocycles. The molecule has 0 N–H and O–H groups in total. The van der Waals surface area contributed by atoms with E-state index < -0.39 is 0 Å². The lowest BCUT2D eigenvalue weighted by Gasteiger charge is -2.41. The third kappa shape index (κ3) is 3.10. The summed E-state index contributed by atoms with van der Waals surface area (Å²) in [7, 11) is 0. The third-order valence-corrected chi connectivity index (χ3v) is 6.34. The molecule has 0 unspecified atom stereocenters. The maximum atomic E-state index is 13.0. The van der Waals surface area contributed by atoms with Gasteiger partial charge in [-0.05, 0) is 48.9 Å². The fourth-order valence-electron chi connectivity index (χ4n) is 4.70. The second-order valence-corrected chi connectivity index (χ2v) is 8.04. The Kier molecular flexibility index (Phi) is 4.40. The van der Waals surface area contributed by atoms with Crippen LogP contribution in [0.1, 0.15) is 33.6 Å². The first kappa shape index (κ1) is 17.4. The smallest absolute Gasteiger partial charge is 0.274 e.